The van der Waals surface area contributed by atoms with Crippen LogP contribution in [-0.2, 0) is 4.74 Å². The maximum Gasteiger partial charge on any atom is 0.407 e. The Bertz CT molecular complexity index is 498. The largest absolute Gasteiger partial charge is 0.493 e. The lowest BCUT2D eigenvalue weighted by atomic mass is 10.0. The number of carbonyl (C=O) groups excluding carboxylic acids is 1. The lowest BCUT2D eigenvalue weighted by Gasteiger charge is -2.22. The number of carbonyl (C=O) groups is 1. The van der Waals surface area contributed by atoms with Crippen molar-refractivity contribution >= 4 is 6.09 Å². The van der Waals surface area contributed by atoms with Crippen LogP contribution in [0.1, 0.15) is 45.8 Å². The van der Waals surface area contributed by atoms with Gasteiger partial charge >= 0.3 is 6.09 Å². The minimum absolute atomic E-state index is 0.195. The molecule has 0 spiro atoms. The molecule has 6 heteroatoms. The van der Waals surface area contributed by atoms with Crippen molar-refractivity contribution in [2.45, 2.75) is 51.9 Å². The fourth-order valence-corrected chi connectivity index (χ4v) is 2.01. The second-order valence-corrected chi connectivity index (χ2v) is 6.20. The van der Waals surface area contributed by atoms with Gasteiger partial charge in [-0.25, -0.2) is 4.79 Å². The van der Waals surface area contributed by atoms with Gasteiger partial charge in [0, 0.05) is 12.1 Å². The zero-order valence-corrected chi connectivity index (χ0v) is 14.2. The number of aliphatic hydroxyl groups excluding tert-OH is 2. The molecule has 23 heavy (non-hydrogen) atoms. The maximum atomic E-state index is 11.5. The zero-order chi connectivity index (χ0) is 17.5. The van der Waals surface area contributed by atoms with E-state index in [2.05, 4.69) is 5.32 Å². The number of ether oxygens (including phenoxy) is 2. The van der Waals surface area contributed by atoms with Crippen molar-refractivity contribution in [2.24, 2.45) is 0 Å². The van der Waals surface area contributed by atoms with E-state index in [1.165, 1.54) is 0 Å². The summed E-state index contributed by atoms with van der Waals surface area (Å²) in [5, 5.41) is 22.9. The Balaban J connectivity index is 2.52. The average Bonchev–Trinajstić information content (AvgIpc) is 2.45. The van der Waals surface area contributed by atoms with E-state index in [0.717, 1.165) is 0 Å². The van der Waals surface area contributed by atoms with Gasteiger partial charge in [0.05, 0.1) is 12.7 Å². The van der Waals surface area contributed by atoms with Crippen LogP contribution in [0.15, 0.2) is 24.3 Å². The van der Waals surface area contributed by atoms with E-state index in [0.29, 0.717) is 17.9 Å². The van der Waals surface area contributed by atoms with Crippen molar-refractivity contribution < 1.29 is 24.5 Å². The van der Waals surface area contributed by atoms with Crippen molar-refractivity contribution in [3.8, 4) is 5.75 Å². The molecule has 1 rings (SSSR count). The molecule has 130 valence electrons. The van der Waals surface area contributed by atoms with Crippen LogP contribution in [0.25, 0.3) is 0 Å². The molecular formula is C17H27NO5. The van der Waals surface area contributed by atoms with Gasteiger partial charge in [-0.1, -0.05) is 18.2 Å². The molecule has 1 aromatic rings. The van der Waals surface area contributed by atoms with Crippen molar-refractivity contribution in [3.63, 3.8) is 0 Å². The summed E-state index contributed by atoms with van der Waals surface area (Å²) in [7, 11) is 0. The van der Waals surface area contributed by atoms with E-state index in [4.69, 9.17) is 9.47 Å². The standard InChI is InChI=1S/C17H27NO5/c1-5-22-14-9-7-6-8-12(14)15(20)13(19)10-11-18-16(21)23-17(2,3)4/h6-9,13,15,19-20H,5,10-11H2,1-4H3,(H,18,21). The number of aliphatic hydroxyl groups is 2. The Kier molecular flexibility index (Phi) is 7.32. The first-order valence-corrected chi connectivity index (χ1v) is 7.79. The van der Waals surface area contributed by atoms with E-state index in [-0.39, 0.29) is 13.0 Å². The molecule has 6 nitrogen and oxygen atoms in total. The molecular weight excluding hydrogens is 298 g/mol. The van der Waals surface area contributed by atoms with Gasteiger partial charge in [-0.3, -0.25) is 0 Å². The van der Waals surface area contributed by atoms with Crippen LogP contribution in [0.2, 0.25) is 0 Å². The summed E-state index contributed by atoms with van der Waals surface area (Å²) < 4.78 is 10.5. The van der Waals surface area contributed by atoms with Gasteiger partial charge < -0.3 is 25.0 Å². The lowest BCUT2D eigenvalue weighted by molar-refractivity contribution is 0.0108. The van der Waals surface area contributed by atoms with Gasteiger partial charge in [-0.2, -0.15) is 0 Å². The number of rotatable bonds is 7. The first-order valence-electron chi connectivity index (χ1n) is 7.79. The second-order valence-electron chi connectivity index (χ2n) is 6.20. The lowest BCUT2D eigenvalue weighted by Crippen LogP contribution is -2.34. The molecule has 0 radical (unpaired) electrons. The third kappa shape index (κ3) is 6.88. The third-order valence-electron chi connectivity index (χ3n) is 3.01. The zero-order valence-electron chi connectivity index (χ0n) is 14.2. The fourth-order valence-electron chi connectivity index (χ4n) is 2.01. The van der Waals surface area contributed by atoms with Gasteiger partial charge in [-0.05, 0) is 40.2 Å². The number of hydrogen-bond donors (Lipinski definition) is 3. The van der Waals surface area contributed by atoms with Crippen LogP contribution in [0.5, 0.6) is 5.75 Å². The van der Waals surface area contributed by atoms with E-state index >= 15 is 0 Å². The number of amides is 1. The van der Waals surface area contributed by atoms with E-state index in [1.807, 2.05) is 6.92 Å². The summed E-state index contributed by atoms with van der Waals surface area (Å²) >= 11 is 0. The van der Waals surface area contributed by atoms with Crippen molar-refractivity contribution in [1.82, 2.24) is 5.32 Å². The fraction of sp³-hybridized carbons (Fsp3) is 0.588. The normalized spacial score (nSPS) is 14.0. The van der Waals surface area contributed by atoms with E-state index in [9.17, 15) is 15.0 Å². The third-order valence-corrected chi connectivity index (χ3v) is 3.01. The molecule has 0 bridgehead atoms. The monoisotopic (exact) mass is 325 g/mol. The Morgan fingerprint density at radius 3 is 2.52 bits per heavy atom. The number of para-hydroxylation sites is 1. The van der Waals surface area contributed by atoms with Crippen molar-refractivity contribution in [1.29, 1.82) is 0 Å². The first-order chi connectivity index (χ1) is 10.7. The SMILES string of the molecule is CCOc1ccccc1C(O)C(O)CCNC(=O)OC(C)(C)C. The minimum atomic E-state index is -1.09. The molecule has 0 aromatic heterocycles. The van der Waals surface area contributed by atoms with Crippen LogP contribution < -0.4 is 10.1 Å². The summed E-state index contributed by atoms with van der Waals surface area (Å²) in [6, 6.07) is 7.03. The highest BCUT2D eigenvalue weighted by Gasteiger charge is 2.22. The molecule has 2 atom stereocenters. The van der Waals surface area contributed by atoms with Gasteiger partial charge in [0.2, 0.25) is 0 Å². The summed E-state index contributed by atoms with van der Waals surface area (Å²) in [5.74, 6) is 0.543. The van der Waals surface area contributed by atoms with Crippen LogP contribution in [-0.4, -0.2) is 41.2 Å². The Hall–Kier alpha value is -1.79. The van der Waals surface area contributed by atoms with Crippen LogP contribution >= 0.6 is 0 Å². The minimum Gasteiger partial charge on any atom is -0.493 e. The van der Waals surface area contributed by atoms with E-state index in [1.54, 1.807) is 45.0 Å². The second kappa shape index (κ2) is 8.74. The van der Waals surface area contributed by atoms with E-state index < -0.39 is 23.9 Å². The van der Waals surface area contributed by atoms with Crippen molar-refractivity contribution in [3.05, 3.63) is 29.8 Å². The molecule has 0 aliphatic heterocycles. The number of hydrogen-bond acceptors (Lipinski definition) is 5. The molecule has 0 aliphatic rings. The topological polar surface area (TPSA) is 88.0 Å². The van der Waals surface area contributed by atoms with Gasteiger partial charge in [0.15, 0.2) is 0 Å². The first kappa shape index (κ1) is 19.3. The van der Waals surface area contributed by atoms with Crippen LogP contribution in [0.3, 0.4) is 0 Å². The Morgan fingerprint density at radius 1 is 1.26 bits per heavy atom. The number of alkyl carbamates (subject to hydrolysis) is 1. The van der Waals surface area contributed by atoms with Crippen LogP contribution in [0.4, 0.5) is 4.79 Å². The molecule has 0 fully saturated rings. The number of nitrogens with one attached hydrogen (secondary N) is 1. The molecule has 1 aromatic carbocycles. The molecule has 2 unspecified atom stereocenters. The van der Waals surface area contributed by atoms with Gasteiger partial charge in [0.25, 0.3) is 0 Å². The molecule has 3 N–H and O–H groups in total. The highest BCUT2D eigenvalue weighted by atomic mass is 16.6. The van der Waals surface area contributed by atoms with Gasteiger partial charge in [0.1, 0.15) is 17.5 Å². The smallest absolute Gasteiger partial charge is 0.407 e. The highest BCUT2D eigenvalue weighted by molar-refractivity contribution is 5.67. The molecule has 0 saturated carbocycles. The Morgan fingerprint density at radius 2 is 1.91 bits per heavy atom. The average molecular weight is 325 g/mol. The maximum absolute atomic E-state index is 11.5. The molecule has 0 saturated heterocycles. The Labute approximate surface area is 137 Å². The highest BCUT2D eigenvalue weighted by Crippen LogP contribution is 2.28. The van der Waals surface area contributed by atoms with Gasteiger partial charge in [-0.15, -0.1) is 0 Å². The summed E-state index contributed by atoms with van der Waals surface area (Å²) in [5.41, 5.74) is -0.0438. The van der Waals surface area contributed by atoms with Crippen molar-refractivity contribution in [2.75, 3.05) is 13.2 Å². The predicted octanol–water partition coefficient (Wildman–Crippen LogP) is 2.39. The summed E-state index contributed by atoms with van der Waals surface area (Å²) in [6.45, 7) is 7.84. The molecule has 0 heterocycles. The molecule has 1 amide bonds. The van der Waals surface area contributed by atoms with Crippen LogP contribution in [0, 0.1) is 0 Å². The predicted molar refractivity (Wildman–Crippen MR) is 87.4 cm³/mol. The summed E-state index contributed by atoms with van der Waals surface area (Å²) in [4.78, 5) is 11.5. The molecule has 0 aliphatic carbocycles. The summed E-state index contributed by atoms with van der Waals surface area (Å²) in [6.07, 6.45) is -2.46. The number of benzene rings is 1. The quantitative estimate of drug-likeness (QED) is 0.716.